The molecule has 7 heteroatoms. The van der Waals surface area contributed by atoms with Crippen molar-refractivity contribution in [3.05, 3.63) is 41.7 Å². The summed E-state index contributed by atoms with van der Waals surface area (Å²) in [5.41, 5.74) is 1.73. The van der Waals surface area contributed by atoms with Gasteiger partial charge in [-0.1, -0.05) is 23.4 Å². The third-order valence-electron chi connectivity index (χ3n) is 2.92. The normalized spacial score (nSPS) is 10.4. The molecular formula is C14H19N5O2. The molecule has 2 rings (SSSR count). The number of hydrogen-bond donors (Lipinski definition) is 2. The number of nitrogens with one attached hydrogen (secondary N) is 2. The van der Waals surface area contributed by atoms with Crippen molar-refractivity contribution in [1.29, 1.82) is 0 Å². The standard InChI is InChI=1S/C14H19N5O2/c1-15-8-12-9-19(18-17-12)10-14(20)16-7-11-5-3-4-6-13(11)21-2/h3-6,9,15H,7-8,10H2,1-2H3,(H,16,20). The molecule has 2 aromatic rings. The van der Waals surface area contributed by atoms with E-state index in [-0.39, 0.29) is 12.5 Å². The molecule has 1 amide bonds. The van der Waals surface area contributed by atoms with E-state index in [2.05, 4.69) is 20.9 Å². The molecule has 0 aliphatic carbocycles. The first-order valence-electron chi connectivity index (χ1n) is 6.65. The molecule has 7 nitrogen and oxygen atoms in total. The Morgan fingerprint density at radius 3 is 2.90 bits per heavy atom. The molecule has 0 bridgehead atoms. The Labute approximate surface area is 123 Å². The van der Waals surface area contributed by atoms with Crippen molar-refractivity contribution in [1.82, 2.24) is 25.6 Å². The van der Waals surface area contributed by atoms with Crippen molar-refractivity contribution in [2.45, 2.75) is 19.6 Å². The van der Waals surface area contributed by atoms with Gasteiger partial charge >= 0.3 is 0 Å². The Balaban J connectivity index is 1.86. The van der Waals surface area contributed by atoms with Gasteiger partial charge in [0.15, 0.2) is 0 Å². The fraction of sp³-hybridized carbons (Fsp3) is 0.357. The highest BCUT2D eigenvalue weighted by molar-refractivity contribution is 5.75. The fourth-order valence-corrected chi connectivity index (χ4v) is 1.92. The SMILES string of the molecule is CNCc1cn(CC(=O)NCc2ccccc2OC)nn1. The monoisotopic (exact) mass is 289 g/mol. The summed E-state index contributed by atoms with van der Waals surface area (Å²) < 4.78 is 6.76. The predicted molar refractivity (Wildman–Crippen MR) is 77.6 cm³/mol. The maximum Gasteiger partial charge on any atom is 0.242 e. The highest BCUT2D eigenvalue weighted by Crippen LogP contribution is 2.16. The van der Waals surface area contributed by atoms with E-state index in [0.717, 1.165) is 17.0 Å². The van der Waals surface area contributed by atoms with E-state index in [1.807, 2.05) is 31.3 Å². The number of aromatic nitrogens is 3. The van der Waals surface area contributed by atoms with Crippen LogP contribution in [0, 0.1) is 0 Å². The summed E-state index contributed by atoms with van der Waals surface area (Å²) in [4.78, 5) is 11.9. The van der Waals surface area contributed by atoms with Crippen LogP contribution >= 0.6 is 0 Å². The lowest BCUT2D eigenvalue weighted by Crippen LogP contribution is -2.27. The number of hydrogen-bond acceptors (Lipinski definition) is 5. The molecule has 0 saturated heterocycles. The van der Waals surface area contributed by atoms with Gasteiger partial charge in [-0.05, 0) is 13.1 Å². The molecule has 112 valence electrons. The average molecular weight is 289 g/mol. The molecular weight excluding hydrogens is 270 g/mol. The Morgan fingerprint density at radius 1 is 1.33 bits per heavy atom. The molecule has 21 heavy (non-hydrogen) atoms. The van der Waals surface area contributed by atoms with Crippen LogP contribution in [-0.2, 0) is 24.4 Å². The Bertz CT molecular complexity index is 597. The van der Waals surface area contributed by atoms with Crippen LogP contribution in [0.3, 0.4) is 0 Å². The van der Waals surface area contributed by atoms with Crippen LogP contribution in [0.5, 0.6) is 5.75 Å². The second kappa shape index (κ2) is 7.39. The number of rotatable bonds is 7. The second-order valence-electron chi connectivity index (χ2n) is 4.53. The van der Waals surface area contributed by atoms with Crippen molar-refractivity contribution in [2.75, 3.05) is 14.2 Å². The first-order chi connectivity index (χ1) is 10.2. The zero-order valence-electron chi connectivity index (χ0n) is 12.2. The molecule has 0 spiro atoms. The molecule has 0 atom stereocenters. The number of amides is 1. The minimum Gasteiger partial charge on any atom is -0.496 e. The van der Waals surface area contributed by atoms with Crippen LogP contribution in [0.2, 0.25) is 0 Å². The summed E-state index contributed by atoms with van der Waals surface area (Å²) in [6.07, 6.45) is 1.75. The van der Waals surface area contributed by atoms with Gasteiger partial charge in [0.25, 0.3) is 0 Å². The zero-order valence-corrected chi connectivity index (χ0v) is 12.2. The van der Waals surface area contributed by atoms with Crippen LogP contribution in [0.25, 0.3) is 0 Å². The quantitative estimate of drug-likeness (QED) is 0.767. The Morgan fingerprint density at radius 2 is 2.14 bits per heavy atom. The van der Waals surface area contributed by atoms with Gasteiger partial charge in [0.2, 0.25) is 5.91 Å². The largest absolute Gasteiger partial charge is 0.496 e. The summed E-state index contributed by atoms with van der Waals surface area (Å²) in [7, 11) is 3.44. The average Bonchev–Trinajstić information content (AvgIpc) is 2.93. The fourth-order valence-electron chi connectivity index (χ4n) is 1.92. The van der Waals surface area contributed by atoms with Crippen molar-refractivity contribution in [2.24, 2.45) is 0 Å². The minimum atomic E-state index is -0.123. The first kappa shape index (κ1) is 15.0. The molecule has 2 N–H and O–H groups in total. The van der Waals surface area contributed by atoms with Gasteiger partial charge in [-0.15, -0.1) is 5.10 Å². The number of carbonyl (C=O) groups is 1. The molecule has 1 heterocycles. The minimum absolute atomic E-state index is 0.123. The summed E-state index contributed by atoms with van der Waals surface area (Å²) in [5.74, 6) is 0.636. The Kier molecular flexibility index (Phi) is 5.28. The lowest BCUT2D eigenvalue weighted by atomic mass is 10.2. The van der Waals surface area contributed by atoms with Gasteiger partial charge in [-0.3, -0.25) is 4.79 Å². The summed E-state index contributed by atoms with van der Waals surface area (Å²) in [6, 6.07) is 7.58. The first-order valence-corrected chi connectivity index (χ1v) is 6.65. The number of nitrogens with zero attached hydrogens (tertiary/aromatic N) is 3. The summed E-state index contributed by atoms with van der Waals surface area (Å²) in [5, 5.41) is 13.7. The number of ether oxygens (including phenoxy) is 1. The summed E-state index contributed by atoms with van der Waals surface area (Å²) >= 11 is 0. The topological polar surface area (TPSA) is 81.1 Å². The van der Waals surface area contributed by atoms with Crippen LogP contribution in [0.15, 0.2) is 30.5 Å². The number of para-hydroxylation sites is 1. The van der Waals surface area contributed by atoms with Gasteiger partial charge in [-0.2, -0.15) is 0 Å². The molecule has 0 aliphatic rings. The third-order valence-corrected chi connectivity index (χ3v) is 2.92. The van der Waals surface area contributed by atoms with Gasteiger partial charge in [0.1, 0.15) is 12.3 Å². The van der Waals surface area contributed by atoms with Gasteiger partial charge in [0.05, 0.1) is 19.0 Å². The van der Waals surface area contributed by atoms with Crippen LogP contribution in [0.1, 0.15) is 11.3 Å². The lowest BCUT2D eigenvalue weighted by Gasteiger charge is -2.09. The molecule has 0 unspecified atom stereocenters. The molecule has 0 radical (unpaired) electrons. The van der Waals surface area contributed by atoms with E-state index in [4.69, 9.17) is 4.74 Å². The zero-order chi connectivity index (χ0) is 15.1. The van der Waals surface area contributed by atoms with E-state index in [9.17, 15) is 4.79 Å². The van der Waals surface area contributed by atoms with Crippen molar-refractivity contribution < 1.29 is 9.53 Å². The van der Waals surface area contributed by atoms with Crippen molar-refractivity contribution >= 4 is 5.91 Å². The summed E-state index contributed by atoms with van der Waals surface area (Å²) in [6.45, 7) is 1.19. The van der Waals surface area contributed by atoms with E-state index in [1.165, 1.54) is 4.68 Å². The second-order valence-corrected chi connectivity index (χ2v) is 4.53. The maximum absolute atomic E-state index is 11.9. The van der Waals surface area contributed by atoms with Gasteiger partial charge < -0.3 is 15.4 Å². The van der Waals surface area contributed by atoms with Gasteiger partial charge in [0, 0.05) is 18.7 Å². The maximum atomic E-state index is 11.9. The van der Waals surface area contributed by atoms with Crippen molar-refractivity contribution in [3.8, 4) is 5.75 Å². The Hall–Kier alpha value is -2.41. The highest BCUT2D eigenvalue weighted by atomic mass is 16.5. The lowest BCUT2D eigenvalue weighted by molar-refractivity contribution is -0.122. The molecule has 1 aromatic heterocycles. The number of benzene rings is 1. The van der Waals surface area contributed by atoms with E-state index in [0.29, 0.717) is 13.1 Å². The molecule has 0 aliphatic heterocycles. The highest BCUT2D eigenvalue weighted by Gasteiger charge is 2.07. The van der Waals surface area contributed by atoms with E-state index < -0.39 is 0 Å². The van der Waals surface area contributed by atoms with E-state index in [1.54, 1.807) is 13.3 Å². The predicted octanol–water partition coefficient (Wildman–Crippen LogP) is 0.322. The van der Waals surface area contributed by atoms with Gasteiger partial charge in [-0.25, -0.2) is 4.68 Å². The van der Waals surface area contributed by atoms with Crippen LogP contribution in [0.4, 0.5) is 0 Å². The number of carbonyl (C=O) groups excluding carboxylic acids is 1. The molecule has 0 saturated carbocycles. The van der Waals surface area contributed by atoms with E-state index >= 15 is 0 Å². The van der Waals surface area contributed by atoms with Crippen molar-refractivity contribution in [3.63, 3.8) is 0 Å². The molecule has 0 fully saturated rings. The number of methoxy groups -OCH3 is 1. The third kappa shape index (κ3) is 4.28. The smallest absolute Gasteiger partial charge is 0.242 e. The van der Waals surface area contributed by atoms with Crippen LogP contribution in [-0.4, -0.2) is 35.1 Å². The molecule has 1 aromatic carbocycles. The van der Waals surface area contributed by atoms with Crippen LogP contribution < -0.4 is 15.4 Å².